The summed E-state index contributed by atoms with van der Waals surface area (Å²) < 4.78 is 0. The van der Waals surface area contributed by atoms with Crippen LogP contribution in [0.15, 0.2) is 346 Å². The van der Waals surface area contributed by atoms with Gasteiger partial charge in [-0.15, -0.1) is 30.8 Å². The minimum Gasteiger partial charge on any atom is -0.477 e. The number of benzene rings is 14. The third-order valence-corrected chi connectivity index (χ3v) is 27.7. The van der Waals surface area contributed by atoms with Crippen molar-refractivity contribution in [3.8, 4) is 0 Å². The molecule has 13 heterocycles. The Labute approximate surface area is 837 Å². The Balaban J connectivity index is 0.000000102. The quantitative estimate of drug-likeness (QED) is 0.100. The van der Waals surface area contributed by atoms with E-state index in [4.69, 9.17) is 39.9 Å². The van der Waals surface area contributed by atoms with Gasteiger partial charge in [0.25, 0.3) is 0 Å². The number of anilines is 20. The molecule has 14 aromatic carbocycles. The number of rotatable bonds is 13. The van der Waals surface area contributed by atoms with E-state index in [0.717, 1.165) is 169 Å². The zero-order valence-electron chi connectivity index (χ0n) is 80.4. The first-order valence-electron chi connectivity index (χ1n) is 48.8. The second kappa shape index (κ2) is 38.2. The summed E-state index contributed by atoms with van der Waals surface area (Å²) in [5, 5.41) is 0. The minimum atomic E-state index is 0. The van der Waals surface area contributed by atoms with Crippen molar-refractivity contribution in [2.24, 2.45) is 0 Å². The smallest absolute Gasteiger partial charge is 0.179 e. The van der Waals surface area contributed by atoms with Gasteiger partial charge in [-0.1, -0.05) is 251 Å². The number of hydrogen-bond acceptors (Lipinski definition) is 20. The van der Waals surface area contributed by atoms with E-state index in [1.54, 1.807) is 12.4 Å². The summed E-state index contributed by atoms with van der Waals surface area (Å²) in [5.74, 6) is 11.0. The number of aromatic nitrogens is 10. The van der Waals surface area contributed by atoms with Crippen molar-refractivity contribution in [1.82, 2.24) is 49.8 Å². The van der Waals surface area contributed by atoms with Crippen LogP contribution in [0.3, 0.4) is 0 Å². The van der Waals surface area contributed by atoms with Gasteiger partial charge in [-0.3, -0.25) is 0 Å². The van der Waals surface area contributed by atoms with Crippen LogP contribution in [0.1, 0.15) is 143 Å². The molecule has 3 atom stereocenters. The Morgan fingerprint density at radius 1 is 0.277 bits per heavy atom. The second-order valence-corrected chi connectivity index (χ2v) is 37.6. The van der Waals surface area contributed by atoms with Crippen LogP contribution < -0.4 is 49.0 Å². The molecule has 0 fully saturated rings. The molecule has 8 aliphatic rings. The fourth-order valence-electron chi connectivity index (χ4n) is 20.4. The van der Waals surface area contributed by atoms with Gasteiger partial charge in [0, 0.05) is 97.3 Å². The number of para-hydroxylation sites is 12. The summed E-state index contributed by atoms with van der Waals surface area (Å²) in [6, 6.07) is 123. The molecule has 0 saturated carbocycles. The molecule has 8 aliphatic heterocycles. The van der Waals surface area contributed by atoms with Crippen molar-refractivity contribution in [1.29, 1.82) is 0 Å². The molecule has 20 nitrogen and oxygen atoms in total. The molecule has 19 aromatic rings. The Kier molecular flexibility index (Phi) is 24.4. The Morgan fingerprint density at radius 2 is 0.603 bits per heavy atom. The van der Waals surface area contributed by atoms with Gasteiger partial charge in [-0.2, -0.15) is 54.1 Å². The largest absolute Gasteiger partial charge is 0.477 e. The van der Waals surface area contributed by atoms with Crippen LogP contribution in [0, 0.1) is 25.5 Å². The zero-order valence-corrected chi connectivity index (χ0v) is 82.8. The average Bonchev–Trinajstić information content (AvgIpc) is 1.57. The molecule has 0 amide bonds. The molecular formula is C120H106IrN20-4. The van der Waals surface area contributed by atoms with E-state index < -0.39 is 0 Å². The second-order valence-electron chi connectivity index (χ2n) is 37.6. The predicted octanol–water partition coefficient (Wildman–Crippen LogP) is 28.5. The maximum atomic E-state index is 5.27. The summed E-state index contributed by atoms with van der Waals surface area (Å²) >= 11 is 0. The summed E-state index contributed by atoms with van der Waals surface area (Å²) in [4.78, 5) is 72.0. The molecule has 0 spiro atoms. The van der Waals surface area contributed by atoms with Gasteiger partial charge >= 0.3 is 0 Å². The van der Waals surface area contributed by atoms with Gasteiger partial charge in [0.05, 0.1) is 44.1 Å². The molecule has 21 heteroatoms. The van der Waals surface area contributed by atoms with Crippen LogP contribution >= 0.6 is 0 Å². The standard InChI is InChI=1S/C28H28N4.C27H26N4.C26H24N4.C22H16N4.C17H12N4.Ir/c1-17(2)19-9-12-22(13-10-19)31-26-16-21-15-20(18(3)4)11-14-25(21)32(26)28-27(31)29-23-7-5-6-8-24(23)30-28;1-18(2)20-9-13-22(14-10-20)30-17-31(23-15-11-21(12-16-23)19(3)4)27-26(30)28-24-7-5-6-8-25(24)29-27;1-3-17-14-15-18(4-2)24-23(17)27-25-26(28-24)30-21-13-9-8-10-19(21)16-22(30)29(25)20-11-6-5-7-12-20;1-2-9-16(10-3-1)25-20-14-15-8-4-7-13-19(15)26(20)22-21(25)23-17-11-5-6-12-18(17)24-22;1-3-7-14(8-4-1)20-13-21(15-9-5-2-6-10-15)17-16(20)18-11-12-19-17;/h5-15,17-18,26H,16H2,1-4H3;5-15,17-19H,1-4H3;5-15,22H,3-4,16H2,1-2H3;1-13,20H,14H2;1-9,11-13H;/q;-2;;;-2;. The number of nitrogens with zero attached hydrogens (tertiary/aromatic N) is 20. The predicted molar refractivity (Wildman–Crippen MR) is 570 cm³/mol. The van der Waals surface area contributed by atoms with Crippen LogP contribution in [0.5, 0.6) is 0 Å². The van der Waals surface area contributed by atoms with Crippen molar-refractivity contribution in [2.45, 2.75) is 144 Å². The van der Waals surface area contributed by atoms with E-state index in [1.165, 1.54) is 72.8 Å². The normalized spacial score (nSPS) is 15.5. The van der Waals surface area contributed by atoms with E-state index in [1.807, 2.05) is 138 Å². The van der Waals surface area contributed by atoms with E-state index in [2.05, 4.69) is 350 Å². The molecule has 0 aliphatic carbocycles. The van der Waals surface area contributed by atoms with E-state index in [9.17, 15) is 0 Å². The van der Waals surface area contributed by atoms with Crippen LogP contribution in [0.25, 0.3) is 44.1 Å². The SMILES string of the molecule is CC(C)c1c[c-]c(N2[CH-]N(c3ccc(C(C)C)cc3)c3nc4ccccc4nc32)cc1.CC(C)c1ccc(N2c3nc4ccccc4nc3N3c4ccc(C(C)C)cc4CC23)cc1.CCc1ccc(CC)c2nc3c(nc12)N(c1ccccc1)C1Cc2ccccc2N31.[Ir].[c-]1ccccc1N1[CH-]N(c2ccccc2)c2nccnc21.c1ccc(N2c3nc4ccccc4nc3N3c4ccccc4CC23)cc1. The maximum Gasteiger partial charge on any atom is 0.179 e. The third-order valence-electron chi connectivity index (χ3n) is 27.7. The van der Waals surface area contributed by atoms with Gasteiger partial charge in [0.2, 0.25) is 0 Å². The molecule has 141 heavy (non-hydrogen) atoms. The first-order chi connectivity index (χ1) is 68.6. The fourth-order valence-corrected chi connectivity index (χ4v) is 20.4. The van der Waals surface area contributed by atoms with Crippen molar-refractivity contribution in [3.05, 3.63) is 422 Å². The number of fused-ring (bicyclic) bond motifs is 21. The first kappa shape index (κ1) is 90.3. The Bertz CT molecular complexity index is 7540. The molecule has 0 saturated heterocycles. The van der Waals surface area contributed by atoms with Crippen molar-refractivity contribution >= 4 is 159 Å². The first-order valence-corrected chi connectivity index (χ1v) is 48.8. The summed E-state index contributed by atoms with van der Waals surface area (Å²) in [6.07, 6.45) is 8.71. The van der Waals surface area contributed by atoms with Crippen LogP contribution in [0.4, 0.5) is 115 Å². The summed E-state index contributed by atoms with van der Waals surface area (Å²) in [7, 11) is 0. The Morgan fingerprint density at radius 3 is 1.04 bits per heavy atom. The average molecular weight is 2020 g/mol. The molecular weight excluding hydrogens is 1910 g/mol. The molecule has 27 rings (SSSR count). The third kappa shape index (κ3) is 16.6. The molecule has 3 unspecified atom stereocenters. The number of aryl methyl sites for hydroxylation is 2. The molecule has 0 bridgehead atoms. The Hall–Kier alpha value is -15.8. The summed E-state index contributed by atoms with van der Waals surface area (Å²) in [5.41, 5.74) is 30.8. The van der Waals surface area contributed by atoms with Gasteiger partial charge in [-0.25, -0.2) is 49.8 Å². The van der Waals surface area contributed by atoms with Crippen LogP contribution in [-0.2, 0) is 52.2 Å². The van der Waals surface area contributed by atoms with E-state index >= 15 is 0 Å². The summed E-state index contributed by atoms with van der Waals surface area (Å²) in [6.45, 7) is 26.2. The van der Waals surface area contributed by atoms with Crippen LogP contribution in [0.2, 0.25) is 0 Å². The van der Waals surface area contributed by atoms with E-state index in [-0.39, 0.29) is 38.6 Å². The minimum absolute atomic E-state index is 0. The molecule has 1 radical (unpaired) electrons. The van der Waals surface area contributed by atoms with Gasteiger partial charge in [-0.05, 0) is 190 Å². The topological polar surface area (TPSA) is 161 Å². The monoisotopic (exact) mass is 2020 g/mol. The molecule has 5 aromatic heterocycles. The maximum absolute atomic E-state index is 5.27. The van der Waals surface area contributed by atoms with Gasteiger partial charge < -0.3 is 49.0 Å². The van der Waals surface area contributed by atoms with Crippen molar-refractivity contribution < 1.29 is 20.1 Å². The van der Waals surface area contributed by atoms with E-state index in [0.29, 0.717) is 23.7 Å². The van der Waals surface area contributed by atoms with Crippen molar-refractivity contribution in [2.75, 3.05) is 49.0 Å². The van der Waals surface area contributed by atoms with Crippen LogP contribution in [-0.4, -0.2) is 68.3 Å². The molecule has 699 valence electrons. The van der Waals surface area contributed by atoms with Gasteiger partial charge in [0.15, 0.2) is 34.9 Å². The fraction of sp³-hybridized carbons (Fsp3) is 0.183. The number of hydrogen-bond donors (Lipinski definition) is 0. The molecule has 0 N–H and O–H groups in total. The van der Waals surface area contributed by atoms with Crippen molar-refractivity contribution in [3.63, 3.8) is 0 Å². The zero-order chi connectivity index (χ0) is 94.9. The van der Waals surface area contributed by atoms with Gasteiger partial charge in [0.1, 0.15) is 41.8 Å².